The summed E-state index contributed by atoms with van der Waals surface area (Å²) in [5.74, 6) is -0.0570. The third-order valence-corrected chi connectivity index (χ3v) is 8.11. The molecule has 0 atom stereocenters. The van der Waals surface area contributed by atoms with Gasteiger partial charge in [-0.15, -0.1) is 0 Å². The van der Waals surface area contributed by atoms with Crippen LogP contribution in [0.4, 0.5) is 5.69 Å². The maximum absolute atomic E-state index is 13.1. The third kappa shape index (κ3) is 5.40. The van der Waals surface area contributed by atoms with Gasteiger partial charge in [0.05, 0.1) is 15.5 Å². The van der Waals surface area contributed by atoms with E-state index in [1.165, 1.54) is 18.2 Å². The fraction of sp³-hybridized carbons (Fsp3) is 0.214. The molecule has 1 saturated heterocycles. The van der Waals surface area contributed by atoms with Gasteiger partial charge in [-0.3, -0.25) is 9.59 Å². The van der Waals surface area contributed by atoms with E-state index in [2.05, 4.69) is 5.32 Å². The van der Waals surface area contributed by atoms with Crippen LogP contribution in [-0.2, 0) is 9.84 Å². The van der Waals surface area contributed by atoms with Crippen molar-refractivity contribution in [3.05, 3.63) is 94.7 Å². The molecular weight excluding hydrogens is 512 g/mol. The quantitative estimate of drug-likeness (QED) is 0.349. The summed E-state index contributed by atoms with van der Waals surface area (Å²) in [6.07, 6.45) is 2.63. The van der Waals surface area contributed by atoms with Crippen LogP contribution in [0, 0.1) is 0 Å². The van der Waals surface area contributed by atoms with Gasteiger partial charge in [-0.2, -0.15) is 0 Å². The Bertz CT molecular complexity index is 1550. The Morgan fingerprint density at radius 3 is 2.35 bits per heavy atom. The first kappa shape index (κ1) is 25.0. The van der Waals surface area contributed by atoms with Crippen molar-refractivity contribution in [3.63, 3.8) is 0 Å². The van der Waals surface area contributed by atoms with Crippen molar-refractivity contribution >= 4 is 49.9 Å². The third-order valence-electron chi connectivity index (χ3n) is 6.67. The molecule has 0 saturated carbocycles. The van der Waals surface area contributed by atoms with Crippen LogP contribution in [0.25, 0.3) is 11.0 Å². The number of nitrogens with one attached hydrogen (secondary N) is 1. The van der Waals surface area contributed by atoms with Crippen LogP contribution >= 0.6 is 11.6 Å². The molecular formula is C28H25ClN2O5S. The van der Waals surface area contributed by atoms with Gasteiger partial charge in [0.15, 0.2) is 15.6 Å². The lowest BCUT2D eigenvalue weighted by Gasteiger charge is -2.32. The molecule has 7 nitrogen and oxygen atoms in total. The van der Waals surface area contributed by atoms with Crippen LogP contribution in [0.3, 0.4) is 0 Å². The van der Waals surface area contributed by atoms with E-state index in [9.17, 15) is 18.0 Å². The zero-order chi connectivity index (χ0) is 26.2. The Hall–Kier alpha value is -3.62. The zero-order valence-electron chi connectivity index (χ0n) is 20.1. The number of benzene rings is 3. The fourth-order valence-electron chi connectivity index (χ4n) is 4.61. The molecule has 3 aromatic carbocycles. The number of nitrogens with zero attached hydrogens (tertiary/aromatic N) is 1. The highest BCUT2D eigenvalue weighted by Gasteiger charge is 2.26. The second-order valence-corrected chi connectivity index (χ2v) is 11.6. The molecule has 4 aromatic rings. The highest BCUT2D eigenvalue weighted by Crippen LogP contribution is 2.31. The standard InChI is InChI=1S/C28H25ClN2O5S/c1-37(34,35)22-10-11-24(29)23(17-22)28(33)31-14-12-19(13-15-31)18-6-8-21(9-7-18)30-27(32)26-16-20-4-2-3-5-25(20)36-26/h2-11,16-17,19H,12-15H2,1H3,(H,30,32). The molecule has 5 rings (SSSR count). The van der Waals surface area contributed by atoms with Crippen LogP contribution in [0.1, 0.15) is 45.2 Å². The van der Waals surface area contributed by atoms with Crippen molar-refractivity contribution in [1.29, 1.82) is 0 Å². The summed E-state index contributed by atoms with van der Waals surface area (Å²) < 4.78 is 29.4. The number of halogens is 1. The summed E-state index contributed by atoms with van der Waals surface area (Å²) in [4.78, 5) is 27.5. The van der Waals surface area contributed by atoms with E-state index in [1.54, 1.807) is 11.0 Å². The second-order valence-electron chi connectivity index (χ2n) is 9.20. The monoisotopic (exact) mass is 536 g/mol. The molecule has 0 unspecified atom stereocenters. The van der Waals surface area contributed by atoms with Gasteiger partial charge in [0.25, 0.3) is 11.8 Å². The molecule has 2 heterocycles. The summed E-state index contributed by atoms with van der Waals surface area (Å²) in [6, 6.07) is 21.1. The van der Waals surface area contributed by atoms with Crippen LogP contribution in [0.2, 0.25) is 5.02 Å². The average molecular weight is 537 g/mol. The summed E-state index contributed by atoms with van der Waals surface area (Å²) in [7, 11) is -3.45. The number of piperidine rings is 1. The molecule has 37 heavy (non-hydrogen) atoms. The minimum absolute atomic E-state index is 0.0719. The van der Waals surface area contributed by atoms with Gasteiger partial charge >= 0.3 is 0 Å². The molecule has 9 heteroatoms. The van der Waals surface area contributed by atoms with Crippen LogP contribution < -0.4 is 5.32 Å². The number of likely N-dealkylation sites (tertiary alicyclic amines) is 1. The topological polar surface area (TPSA) is 96.7 Å². The van der Waals surface area contributed by atoms with E-state index in [0.29, 0.717) is 24.4 Å². The Balaban J connectivity index is 1.20. The minimum atomic E-state index is -3.45. The lowest BCUT2D eigenvalue weighted by molar-refractivity contribution is 0.0712. The summed E-state index contributed by atoms with van der Waals surface area (Å²) in [5, 5.41) is 3.98. The molecule has 1 aromatic heterocycles. The number of hydrogen-bond donors (Lipinski definition) is 1. The molecule has 0 spiro atoms. The number of carbonyl (C=O) groups excluding carboxylic acids is 2. The summed E-state index contributed by atoms with van der Waals surface area (Å²) in [5.41, 5.74) is 2.67. The van der Waals surface area contributed by atoms with E-state index in [4.69, 9.17) is 16.0 Å². The van der Waals surface area contributed by atoms with Gasteiger partial charge in [0.1, 0.15) is 5.58 Å². The van der Waals surface area contributed by atoms with Crippen molar-refractivity contribution in [2.45, 2.75) is 23.7 Å². The van der Waals surface area contributed by atoms with Gasteiger partial charge in [-0.05, 0) is 66.8 Å². The van der Waals surface area contributed by atoms with Crippen LogP contribution in [0.15, 0.2) is 82.1 Å². The fourth-order valence-corrected chi connectivity index (χ4v) is 5.46. The normalized spacial score (nSPS) is 14.6. The molecule has 1 fully saturated rings. The van der Waals surface area contributed by atoms with E-state index < -0.39 is 9.84 Å². The SMILES string of the molecule is CS(=O)(=O)c1ccc(Cl)c(C(=O)N2CCC(c3ccc(NC(=O)c4cc5ccccc5o4)cc3)CC2)c1. The first-order valence-electron chi connectivity index (χ1n) is 11.9. The van der Waals surface area contributed by atoms with E-state index in [1.807, 2.05) is 48.5 Å². The Morgan fingerprint density at radius 2 is 1.68 bits per heavy atom. The number of rotatable bonds is 5. The summed E-state index contributed by atoms with van der Waals surface area (Å²) >= 11 is 6.22. The van der Waals surface area contributed by atoms with Crippen molar-refractivity contribution in [2.75, 3.05) is 24.7 Å². The Kier molecular flexibility index (Phi) is 6.79. The molecule has 0 aliphatic carbocycles. The number of furan rings is 1. The van der Waals surface area contributed by atoms with Crippen molar-refractivity contribution in [2.24, 2.45) is 0 Å². The van der Waals surface area contributed by atoms with Gasteiger partial charge in [-0.25, -0.2) is 8.42 Å². The number of sulfone groups is 1. The molecule has 1 aliphatic heterocycles. The predicted octanol–water partition coefficient (Wildman–Crippen LogP) is 5.76. The Labute approximate surface area is 219 Å². The number of hydrogen-bond acceptors (Lipinski definition) is 5. The van der Waals surface area contributed by atoms with Crippen LogP contribution in [-0.4, -0.2) is 44.5 Å². The van der Waals surface area contributed by atoms with Crippen molar-refractivity contribution < 1.29 is 22.4 Å². The average Bonchev–Trinajstić information content (AvgIpc) is 3.33. The number of para-hydroxylation sites is 1. The number of amides is 2. The molecule has 2 amide bonds. The first-order chi connectivity index (χ1) is 17.7. The first-order valence-corrected chi connectivity index (χ1v) is 14.1. The van der Waals surface area contributed by atoms with E-state index in [0.717, 1.165) is 30.0 Å². The smallest absolute Gasteiger partial charge is 0.291 e. The minimum Gasteiger partial charge on any atom is -0.451 e. The molecule has 0 bridgehead atoms. The predicted molar refractivity (Wildman–Crippen MR) is 143 cm³/mol. The molecule has 190 valence electrons. The summed E-state index contributed by atoms with van der Waals surface area (Å²) in [6.45, 7) is 1.07. The number of anilines is 1. The van der Waals surface area contributed by atoms with Gasteiger partial charge in [-0.1, -0.05) is 41.9 Å². The highest BCUT2D eigenvalue weighted by atomic mass is 35.5. The van der Waals surface area contributed by atoms with Crippen LogP contribution in [0.5, 0.6) is 0 Å². The molecule has 1 N–H and O–H groups in total. The maximum atomic E-state index is 13.1. The molecule has 0 radical (unpaired) electrons. The van der Waals surface area contributed by atoms with E-state index in [-0.39, 0.29) is 39.0 Å². The van der Waals surface area contributed by atoms with Gasteiger partial charge < -0.3 is 14.6 Å². The largest absolute Gasteiger partial charge is 0.451 e. The second kappa shape index (κ2) is 10.0. The Morgan fingerprint density at radius 1 is 0.973 bits per heavy atom. The number of fused-ring (bicyclic) bond motifs is 1. The highest BCUT2D eigenvalue weighted by molar-refractivity contribution is 7.90. The number of carbonyl (C=O) groups is 2. The van der Waals surface area contributed by atoms with Gasteiger partial charge in [0.2, 0.25) is 0 Å². The lowest BCUT2D eigenvalue weighted by atomic mass is 9.89. The lowest BCUT2D eigenvalue weighted by Crippen LogP contribution is -2.38. The van der Waals surface area contributed by atoms with E-state index >= 15 is 0 Å². The zero-order valence-corrected chi connectivity index (χ0v) is 21.7. The van der Waals surface area contributed by atoms with Crippen molar-refractivity contribution in [1.82, 2.24) is 4.90 Å². The van der Waals surface area contributed by atoms with Crippen molar-refractivity contribution in [3.8, 4) is 0 Å². The maximum Gasteiger partial charge on any atom is 0.291 e. The van der Waals surface area contributed by atoms with Gasteiger partial charge in [0, 0.05) is 30.4 Å². The molecule has 1 aliphatic rings.